The van der Waals surface area contributed by atoms with E-state index in [4.69, 9.17) is 16.3 Å². The number of carbonyl (C=O) groups excluding carboxylic acids is 1. The molecule has 0 spiro atoms. The molecule has 0 aliphatic carbocycles. The van der Waals surface area contributed by atoms with Crippen LogP contribution in [0.15, 0.2) is 123 Å². The molecule has 2 N–H and O–H groups in total. The summed E-state index contributed by atoms with van der Waals surface area (Å²) >= 11 is 14.7. The molecule has 6 rings (SSSR count). The van der Waals surface area contributed by atoms with Gasteiger partial charge >= 0.3 is 0 Å². The van der Waals surface area contributed by atoms with Gasteiger partial charge in [0.1, 0.15) is 12.4 Å². The number of thiazole rings is 1. The highest BCUT2D eigenvalue weighted by atomic mass is 79.9. The van der Waals surface area contributed by atoms with E-state index in [1.54, 1.807) is 18.3 Å². The molecule has 0 saturated heterocycles. The molecule has 0 atom stereocenters. The lowest BCUT2D eigenvalue weighted by molar-refractivity contribution is 0.0955. The maximum absolute atomic E-state index is 12.7. The lowest BCUT2D eigenvalue weighted by Crippen LogP contribution is -2.17. The normalized spacial score (nSPS) is 11.2. The maximum Gasteiger partial charge on any atom is 0.271 e. The zero-order chi connectivity index (χ0) is 30.5. The molecule has 6 aromatic rings. The number of hydrogen-bond donors (Lipinski definition) is 2. The van der Waals surface area contributed by atoms with E-state index in [-0.39, 0.29) is 5.91 Å². The molecule has 1 heterocycles. The van der Waals surface area contributed by atoms with Crippen LogP contribution in [0.2, 0.25) is 5.02 Å². The van der Waals surface area contributed by atoms with Crippen molar-refractivity contribution in [1.29, 1.82) is 0 Å². The van der Waals surface area contributed by atoms with Gasteiger partial charge in [-0.15, -0.1) is 11.3 Å². The van der Waals surface area contributed by atoms with Crippen molar-refractivity contribution >= 4 is 88.5 Å². The monoisotopic (exact) mass is 744 g/mol. The Bertz CT molecular complexity index is 1960. The standard InChI is InChI=1S/C34H23Br2ClN4O2S/c35-29-16-22(17-30(36)32(29)43-19-21-5-6-23-3-1-2-4-26(23)15-21)18-38-41-33(42)25-9-7-24(8-10-25)31-20-44-34(40-31)39-28-13-11-27(37)12-14-28/h1-18,20H,19H2,(H,39,40)(H,41,42)/b38-18-. The number of ether oxygens (including phenoxy) is 1. The first-order chi connectivity index (χ1) is 21.4. The Balaban J connectivity index is 1.04. The number of nitrogens with zero attached hydrogens (tertiary/aromatic N) is 2. The van der Waals surface area contributed by atoms with E-state index in [2.05, 4.69) is 83.0 Å². The van der Waals surface area contributed by atoms with Crippen LogP contribution in [-0.2, 0) is 6.61 Å². The summed E-state index contributed by atoms with van der Waals surface area (Å²) in [6, 6.07) is 33.0. The van der Waals surface area contributed by atoms with E-state index in [0.29, 0.717) is 22.9 Å². The summed E-state index contributed by atoms with van der Waals surface area (Å²) in [5.74, 6) is 0.372. The predicted octanol–water partition coefficient (Wildman–Crippen LogP) is 10.2. The molecule has 0 bridgehead atoms. The molecule has 0 unspecified atom stereocenters. The van der Waals surface area contributed by atoms with E-state index >= 15 is 0 Å². The van der Waals surface area contributed by atoms with Crippen molar-refractivity contribution in [2.24, 2.45) is 5.10 Å². The highest BCUT2D eigenvalue weighted by Gasteiger charge is 2.11. The van der Waals surface area contributed by atoms with Gasteiger partial charge in [-0.3, -0.25) is 4.79 Å². The molecule has 1 aromatic heterocycles. The minimum absolute atomic E-state index is 0.315. The molecule has 1 amide bonds. The number of fused-ring (bicyclic) bond motifs is 1. The van der Waals surface area contributed by atoms with Crippen molar-refractivity contribution in [3.8, 4) is 17.0 Å². The predicted molar refractivity (Wildman–Crippen MR) is 187 cm³/mol. The second-order valence-electron chi connectivity index (χ2n) is 9.73. The summed E-state index contributed by atoms with van der Waals surface area (Å²) in [6.45, 7) is 0.425. The van der Waals surface area contributed by atoms with Crippen LogP contribution in [-0.4, -0.2) is 17.1 Å². The SMILES string of the molecule is O=C(N/N=C\c1cc(Br)c(OCc2ccc3ccccc3c2)c(Br)c1)c1ccc(-c2csc(Nc3ccc(Cl)cc3)n2)cc1. The summed E-state index contributed by atoms with van der Waals surface area (Å²) in [4.78, 5) is 17.4. The number of aromatic nitrogens is 1. The summed E-state index contributed by atoms with van der Waals surface area (Å²) in [5.41, 5.74) is 7.56. The van der Waals surface area contributed by atoms with Crippen LogP contribution < -0.4 is 15.5 Å². The van der Waals surface area contributed by atoms with Gasteiger partial charge in [0, 0.05) is 27.2 Å². The Morgan fingerprint density at radius 3 is 2.39 bits per heavy atom. The fourth-order valence-corrected chi connectivity index (χ4v) is 6.74. The number of rotatable bonds is 9. The lowest BCUT2D eigenvalue weighted by Gasteiger charge is -2.12. The zero-order valence-corrected chi connectivity index (χ0v) is 27.7. The fraction of sp³-hybridized carbons (Fsp3) is 0.0294. The van der Waals surface area contributed by atoms with E-state index in [1.165, 1.54) is 22.1 Å². The second kappa shape index (κ2) is 13.7. The number of hydrogen-bond acceptors (Lipinski definition) is 6. The van der Waals surface area contributed by atoms with Gasteiger partial charge in [0.05, 0.1) is 20.9 Å². The van der Waals surface area contributed by atoms with Crippen LogP contribution in [0.1, 0.15) is 21.5 Å². The highest BCUT2D eigenvalue weighted by Crippen LogP contribution is 2.35. The number of amides is 1. The van der Waals surface area contributed by atoms with Crippen molar-refractivity contribution in [2.45, 2.75) is 6.61 Å². The Morgan fingerprint density at radius 2 is 1.64 bits per heavy atom. The van der Waals surface area contributed by atoms with E-state index in [9.17, 15) is 4.79 Å². The number of halogens is 3. The number of benzene rings is 5. The molecule has 10 heteroatoms. The van der Waals surface area contributed by atoms with E-state index in [0.717, 1.165) is 42.1 Å². The van der Waals surface area contributed by atoms with Gasteiger partial charge in [0.25, 0.3) is 5.91 Å². The third-order valence-corrected chi connectivity index (χ3v) is 8.83. The number of anilines is 2. The summed E-state index contributed by atoms with van der Waals surface area (Å²) in [6.07, 6.45) is 1.58. The van der Waals surface area contributed by atoms with Gasteiger partial charge in [-0.25, -0.2) is 10.4 Å². The van der Waals surface area contributed by atoms with Crippen LogP contribution >= 0.6 is 54.8 Å². The molecule has 0 fully saturated rings. The Kier molecular flexibility index (Phi) is 9.37. The minimum Gasteiger partial charge on any atom is -0.487 e. The van der Waals surface area contributed by atoms with Crippen molar-refractivity contribution in [2.75, 3.05) is 5.32 Å². The molecule has 5 aromatic carbocycles. The van der Waals surface area contributed by atoms with Gasteiger partial charge in [0.15, 0.2) is 5.13 Å². The smallest absolute Gasteiger partial charge is 0.271 e. The average molecular weight is 747 g/mol. The van der Waals surface area contributed by atoms with Crippen LogP contribution in [0.3, 0.4) is 0 Å². The van der Waals surface area contributed by atoms with E-state index < -0.39 is 0 Å². The van der Waals surface area contributed by atoms with Gasteiger partial charge in [-0.05, 0) is 108 Å². The molecule has 0 saturated carbocycles. The molecule has 0 aliphatic rings. The fourth-order valence-electron chi connectivity index (χ4n) is 4.42. The molecular weight excluding hydrogens is 724 g/mol. The van der Waals surface area contributed by atoms with Crippen molar-refractivity contribution in [1.82, 2.24) is 10.4 Å². The van der Waals surface area contributed by atoms with Crippen LogP contribution in [0, 0.1) is 0 Å². The molecular formula is C34H23Br2ClN4O2S. The Morgan fingerprint density at radius 1 is 0.909 bits per heavy atom. The second-order valence-corrected chi connectivity index (χ2v) is 12.7. The minimum atomic E-state index is -0.315. The zero-order valence-electron chi connectivity index (χ0n) is 22.9. The maximum atomic E-state index is 12.7. The van der Waals surface area contributed by atoms with Crippen molar-refractivity contribution < 1.29 is 9.53 Å². The molecule has 6 nitrogen and oxygen atoms in total. The first-order valence-corrected chi connectivity index (χ1v) is 16.3. The molecule has 44 heavy (non-hydrogen) atoms. The van der Waals surface area contributed by atoms with Gasteiger partial charge < -0.3 is 10.1 Å². The summed E-state index contributed by atoms with van der Waals surface area (Å²) in [5, 5.41) is 13.2. The summed E-state index contributed by atoms with van der Waals surface area (Å²) in [7, 11) is 0. The van der Waals surface area contributed by atoms with Gasteiger partial charge in [0.2, 0.25) is 0 Å². The van der Waals surface area contributed by atoms with Crippen LogP contribution in [0.5, 0.6) is 5.75 Å². The number of hydrazone groups is 1. The van der Waals surface area contributed by atoms with E-state index in [1.807, 2.05) is 66.0 Å². The number of nitrogens with one attached hydrogen (secondary N) is 2. The largest absolute Gasteiger partial charge is 0.487 e. The van der Waals surface area contributed by atoms with Crippen LogP contribution in [0.25, 0.3) is 22.0 Å². The first-order valence-electron chi connectivity index (χ1n) is 13.4. The Hall–Kier alpha value is -4.02. The quantitative estimate of drug-likeness (QED) is 0.114. The van der Waals surface area contributed by atoms with Crippen molar-refractivity contribution in [3.05, 3.63) is 139 Å². The molecule has 0 aliphatic heterocycles. The molecule has 218 valence electrons. The third kappa shape index (κ3) is 7.36. The van der Waals surface area contributed by atoms with Gasteiger partial charge in [-0.2, -0.15) is 5.10 Å². The van der Waals surface area contributed by atoms with Gasteiger partial charge in [-0.1, -0.05) is 60.1 Å². The summed E-state index contributed by atoms with van der Waals surface area (Å²) < 4.78 is 7.65. The van der Waals surface area contributed by atoms with Crippen molar-refractivity contribution in [3.63, 3.8) is 0 Å². The lowest BCUT2D eigenvalue weighted by atomic mass is 10.1. The average Bonchev–Trinajstić information content (AvgIpc) is 3.50. The third-order valence-electron chi connectivity index (χ3n) is 6.64. The van der Waals surface area contributed by atoms with Crippen LogP contribution in [0.4, 0.5) is 10.8 Å². The highest BCUT2D eigenvalue weighted by molar-refractivity contribution is 9.11. The molecule has 0 radical (unpaired) electrons. The number of carbonyl (C=O) groups is 1. The first kappa shape index (κ1) is 30.0. The topological polar surface area (TPSA) is 75.6 Å². The Labute approximate surface area is 280 Å².